The first-order valence-electron chi connectivity index (χ1n) is 7.76. The SMILES string of the molecule is COc1ccc(CCC(=O)N2CCCC(C(=O)O)C2)cc1OC. The molecule has 23 heavy (non-hydrogen) atoms. The molecule has 2 rings (SSSR count). The number of aryl methyl sites for hydroxylation is 1. The zero-order valence-corrected chi connectivity index (χ0v) is 13.6. The normalized spacial score (nSPS) is 17.7. The minimum absolute atomic E-state index is 0.00531. The molecule has 1 fully saturated rings. The van der Waals surface area contributed by atoms with E-state index in [1.165, 1.54) is 0 Å². The zero-order valence-electron chi connectivity index (χ0n) is 13.6. The molecular weight excluding hydrogens is 298 g/mol. The summed E-state index contributed by atoms with van der Waals surface area (Å²) in [5.74, 6) is 0.0474. The molecule has 1 amide bonds. The van der Waals surface area contributed by atoms with E-state index in [2.05, 4.69) is 0 Å². The average Bonchev–Trinajstić information content (AvgIpc) is 2.59. The van der Waals surface area contributed by atoms with Crippen LogP contribution in [-0.2, 0) is 16.0 Å². The van der Waals surface area contributed by atoms with E-state index in [4.69, 9.17) is 14.6 Å². The predicted molar refractivity (Wildman–Crippen MR) is 84.8 cm³/mol. The molecule has 1 heterocycles. The molecule has 0 spiro atoms. The summed E-state index contributed by atoms with van der Waals surface area (Å²) < 4.78 is 10.4. The molecule has 1 aromatic rings. The van der Waals surface area contributed by atoms with Gasteiger partial charge in [-0.2, -0.15) is 0 Å². The van der Waals surface area contributed by atoms with Crippen LogP contribution in [0.25, 0.3) is 0 Å². The van der Waals surface area contributed by atoms with E-state index < -0.39 is 11.9 Å². The molecule has 0 bridgehead atoms. The number of piperidine rings is 1. The quantitative estimate of drug-likeness (QED) is 0.867. The van der Waals surface area contributed by atoms with Crippen molar-refractivity contribution in [3.63, 3.8) is 0 Å². The van der Waals surface area contributed by atoms with Crippen LogP contribution in [0.2, 0.25) is 0 Å². The van der Waals surface area contributed by atoms with Gasteiger partial charge in [-0.3, -0.25) is 9.59 Å². The van der Waals surface area contributed by atoms with Gasteiger partial charge in [0.2, 0.25) is 5.91 Å². The number of carbonyl (C=O) groups excluding carboxylic acids is 1. The van der Waals surface area contributed by atoms with Gasteiger partial charge in [-0.25, -0.2) is 0 Å². The Morgan fingerprint density at radius 3 is 2.65 bits per heavy atom. The van der Waals surface area contributed by atoms with Gasteiger partial charge in [0.25, 0.3) is 0 Å². The van der Waals surface area contributed by atoms with Gasteiger partial charge < -0.3 is 19.5 Å². The first kappa shape index (κ1) is 17.1. The highest BCUT2D eigenvalue weighted by Crippen LogP contribution is 2.28. The van der Waals surface area contributed by atoms with Crippen molar-refractivity contribution >= 4 is 11.9 Å². The van der Waals surface area contributed by atoms with Gasteiger partial charge in [0.1, 0.15) is 0 Å². The van der Waals surface area contributed by atoms with E-state index in [9.17, 15) is 9.59 Å². The molecule has 0 aromatic heterocycles. The average molecular weight is 321 g/mol. The number of likely N-dealkylation sites (tertiary alicyclic amines) is 1. The molecule has 1 unspecified atom stereocenters. The minimum atomic E-state index is -0.817. The highest BCUT2D eigenvalue weighted by molar-refractivity contribution is 5.78. The number of nitrogens with zero attached hydrogens (tertiary/aromatic N) is 1. The fourth-order valence-electron chi connectivity index (χ4n) is 2.85. The van der Waals surface area contributed by atoms with Crippen LogP contribution in [0, 0.1) is 5.92 Å². The number of hydrogen-bond acceptors (Lipinski definition) is 4. The largest absolute Gasteiger partial charge is 0.493 e. The van der Waals surface area contributed by atoms with Crippen LogP contribution in [0.3, 0.4) is 0 Å². The molecule has 0 aliphatic carbocycles. The molecule has 1 aliphatic rings. The number of ether oxygens (including phenoxy) is 2. The van der Waals surface area contributed by atoms with Crippen LogP contribution < -0.4 is 9.47 Å². The highest BCUT2D eigenvalue weighted by atomic mass is 16.5. The molecular formula is C17H23NO5. The number of carboxylic acid groups (broad SMARTS) is 1. The van der Waals surface area contributed by atoms with Crippen LogP contribution in [0.5, 0.6) is 11.5 Å². The predicted octanol–water partition coefficient (Wildman–Crippen LogP) is 1.96. The van der Waals surface area contributed by atoms with Crippen molar-refractivity contribution in [1.29, 1.82) is 0 Å². The summed E-state index contributed by atoms with van der Waals surface area (Å²) >= 11 is 0. The summed E-state index contributed by atoms with van der Waals surface area (Å²) in [6.07, 6.45) is 2.35. The van der Waals surface area contributed by atoms with Crippen molar-refractivity contribution in [3.05, 3.63) is 23.8 Å². The van der Waals surface area contributed by atoms with Gasteiger partial charge in [0, 0.05) is 19.5 Å². The Labute approximate surface area is 136 Å². The van der Waals surface area contributed by atoms with Gasteiger partial charge in [0.15, 0.2) is 11.5 Å². The summed E-state index contributed by atoms with van der Waals surface area (Å²) in [4.78, 5) is 25.0. The maximum atomic E-state index is 12.3. The first-order valence-corrected chi connectivity index (χ1v) is 7.76. The fraction of sp³-hybridized carbons (Fsp3) is 0.529. The molecule has 0 saturated carbocycles. The zero-order chi connectivity index (χ0) is 16.8. The Kier molecular flexibility index (Phi) is 5.84. The molecule has 1 saturated heterocycles. The number of carboxylic acids is 1. The fourth-order valence-corrected chi connectivity index (χ4v) is 2.85. The minimum Gasteiger partial charge on any atom is -0.493 e. The second-order valence-electron chi connectivity index (χ2n) is 5.71. The van der Waals surface area contributed by atoms with Crippen molar-refractivity contribution in [1.82, 2.24) is 4.90 Å². The molecule has 1 atom stereocenters. The lowest BCUT2D eigenvalue weighted by atomic mass is 9.97. The first-order chi connectivity index (χ1) is 11.0. The number of benzene rings is 1. The lowest BCUT2D eigenvalue weighted by Gasteiger charge is -2.30. The summed E-state index contributed by atoms with van der Waals surface area (Å²) in [6.45, 7) is 0.967. The number of aliphatic carboxylic acids is 1. The topological polar surface area (TPSA) is 76.1 Å². The number of amides is 1. The van der Waals surface area contributed by atoms with Crippen LogP contribution in [0.4, 0.5) is 0 Å². The lowest BCUT2D eigenvalue weighted by molar-refractivity contribution is -0.145. The van der Waals surface area contributed by atoms with Crippen LogP contribution >= 0.6 is 0 Å². The maximum absolute atomic E-state index is 12.3. The Morgan fingerprint density at radius 1 is 1.26 bits per heavy atom. The Balaban J connectivity index is 1.92. The molecule has 126 valence electrons. The monoisotopic (exact) mass is 321 g/mol. The second kappa shape index (κ2) is 7.85. The Morgan fingerprint density at radius 2 is 2.00 bits per heavy atom. The van der Waals surface area contributed by atoms with E-state index in [1.807, 2.05) is 18.2 Å². The van der Waals surface area contributed by atoms with Gasteiger partial charge in [0.05, 0.1) is 20.1 Å². The maximum Gasteiger partial charge on any atom is 0.308 e. The van der Waals surface area contributed by atoms with Crippen molar-refractivity contribution in [2.75, 3.05) is 27.3 Å². The van der Waals surface area contributed by atoms with E-state index in [1.54, 1.807) is 19.1 Å². The van der Waals surface area contributed by atoms with Crippen LogP contribution in [0.1, 0.15) is 24.8 Å². The molecule has 1 N–H and O–H groups in total. The molecule has 1 aliphatic heterocycles. The van der Waals surface area contributed by atoms with Crippen molar-refractivity contribution in [3.8, 4) is 11.5 Å². The summed E-state index contributed by atoms with van der Waals surface area (Å²) in [6, 6.07) is 5.59. The summed E-state index contributed by atoms with van der Waals surface area (Å²) in [7, 11) is 3.16. The number of rotatable bonds is 6. The van der Waals surface area contributed by atoms with Crippen LogP contribution in [-0.4, -0.2) is 49.2 Å². The smallest absolute Gasteiger partial charge is 0.308 e. The van der Waals surface area contributed by atoms with E-state index in [-0.39, 0.29) is 5.91 Å². The van der Waals surface area contributed by atoms with Crippen molar-refractivity contribution < 1.29 is 24.2 Å². The molecule has 1 aromatic carbocycles. The Hall–Kier alpha value is -2.24. The van der Waals surface area contributed by atoms with Gasteiger partial charge in [-0.1, -0.05) is 6.07 Å². The summed E-state index contributed by atoms with van der Waals surface area (Å²) in [5.41, 5.74) is 0.989. The molecule has 6 heteroatoms. The standard InChI is InChI=1S/C17H23NO5/c1-22-14-7-5-12(10-15(14)23-2)6-8-16(19)18-9-3-4-13(11-18)17(20)21/h5,7,10,13H,3-4,6,8-9,11H2,1-2H3,(H,20,21). The van der Waals surface area contributed by atoms with Crippen LogP contribution in [0.15, 0.2) is 18.2 Å². The molecule has 6 nitrogen and oxygen atoms in total. The number of hydrogen-bond donors (Lipinski definition) is 1. The van der Waals surface area contributed by atoms with Gasteiger partial charge >= 0.3 is 5.97 Å². The second-order valence-corrected chi connectivity index (χ2v) is 5.71. The van der Waals surface area contributed by atoms with E-state index in [0.717, 1.165) is 12.0 Å². The third kappa shape index (κ3) is 4.37. The number of methoxy groups -OCH3 is 2. The third-order valence-electron chi connectivity index (χ3n) is 4.20. The summed E-state index contributed by atoms with van der Waals surface area (Å²) in [5, 5.41) is 9.09. The molecule has 0 radical (unpaired) electrons. The number of carbonyl (C=O) groups is 2. The van der Waals surface area contributed by atoms with E-state index in [0.29, 0.717) is 43.9 Å². The van der Waals surface area contributed by atoms with Gasteiger partial charge in [-0.15, -0.1) is 0 Å². The third-order valence-corrected chi connectivity index (χ3v) is 4.20. The lowest BCUT2D eigenvalue weighted by Crippen LogP contribution is -2.42. The van der Waals surface area contributed by atoms with Crippen molar-refractivity contribution in [2.45, 2.75) is 25.7 Å². The highest BCUT2D eigenvalue weighted by Gasteiger charge is 2.27. The Bertz CT molecular complexity index is 572. The van der Waals surface area contributed by atoms with Gasteiger partial charge in [-0.05, 0) is 37.0 Å². The van der Waals surface area contributed by atoms with E-state index >= 15 is 0 Å². The van der Waals surface area contributed by atoms with Crippen molar-refractivity contribution in [2.24, 2.45) is 5.92 Å².